The molecule has 276 valence electrons. The highest BCUT2D eigenvalue weighted by molar-refractivity contribution is 6.36. The van der Waals surface area contributed by atoms with Crippen molar-refractivity contribution in [2.45, 2.75) is 67.0 Å². The first kappa shape index (κ1) is 37.7. The van der Waals surface area contributed by atoms with Gasteiger partial charge in [0.05, 0.1) is 29.7 Å². The molecule has 12 heteroatoms. The monoisotopic (exact) mass is 749 g/mol. The third-order valence-corrected chi connectivity index (χ3v) is 9.99. The zero-order valence-electron chi connectivity index (χ0n) is 30.5. The Balaban J connectivity index is 1.32. The molecule has 0 unspecified atom stereocenters. The van der Waals surface area contributed by atoms with E-state index < -0.39 is 6.29 Å². The average Bonchev–Trinajstić information content (AvgIpc) is 3.44. The number of carbonyl (C=O) groups excluding carboxylic acids is 2. The molecule has 0 atom stereocenters. The number of piperazine rings is 1. The summed E-state index contributed by atoms with van der Waals surface area (Å²) in [4.78, 5) is 28.4. The zero-order valence-corrected chi connectivity index (χ0v) is 32.0. The van der Waals surface area contributed by atoms with E-state index in [1.54, 1.807) is 13.0 Å². The van der Waals surface area contributed by atoms with Crippen molar-refractivity contribution < 1.29 is 33.1 Å². The standard InChI is InChI=1S/C40H47Cl2N4O6/c1-26(2)40(48)52-38-27(3)19-30(20-28(38)4)22-45-23-33(25-51-34-10-8-32(9-11-34)44-15-13-43(14-16-44)29(5)47)46(24-37-49-17-6-18-50-37)39(45)35-12-7-31(41)21-36(35)42/h7-12,19-21,23,26,37H,6,13-18,22,24-25H2,1-5H3/q+1. The summed E-state index contributed by atoms with van der Waals surface area (Å²) in [6.07, 6.45) is 2.49. The molecule has 52 heavy (non-hydrogen) atoms. The average molecular weight is 751 g/mol. The fourth-order valence-electron chi connectivity index (χ4n) is 6.70. The van der Waals surface area contributed by atoms with Gasteiger partial charge in [-0.2, -0.15) is 0 Å². The van der Waals surface area contributed by atoms with Crippen LogP contribution < -0.4 is 18.9 Å². The van der Waals surface area contributed by atoms with Crippen molar-refractivity contribution in [2.24, 2.45) is 5.92 Å². The molecular formula is C40H47Cl2N4O6+. The molecule has 3 aromatic carbocycles. The number of nitrogens with zero attached hydrogens (tertiary/aromatic N) is 4. The van der Waals surface area contributed by atoms with Crippen molar-refractivity contribution in [3.8, 4) is 22.9 Å². The molecule has 2 aliphatic heterocycles. The summed E-state index contributed by atoms with van der Waals surface area (Å²) in [7, 11) is 0. The molecule has 1 aromatic heterocycles. The summed E-state index contributed by atoms with van der Waals surface area (Å²) in [6, 6.07) is 17.7. The number of rotatable bonds is 11. The Hall–Kier alpha value is -4.09. The zero-order chi connectivity index (χ0) is 36.9. The highest BCUT2D eigenvalue weighted by Crippen LogP contribution is 2.32. The van der Waals surface area contributed by atoms with Crippen molar-refractivity contribution in [1.29, 1.82) is 0 Å². The van der Waals surface area contributed by atoms with E-state index in [0.717, 1.165) is 64.7 Å². The normalized spacial score (nSPS) is 15.3. The number of carbonyl (C=O) groups is 2. The molecule has 0 radical (unpaired) electrons. The van der Waals surface area contributed by atoms with E-state index in [4.69, 9.17) is 42.1 Å². The molecule has 0 spiro atoms. The van der Waals surface area contributed by atoms with Gasteiger partial charge in [-0.05, 0) is 91.6 Å². The first-order valence-electron chi connectivity index (χ1n) is 17.8. The quantitative estimate of drug-likeness (QED) is 0.0929. The number of aryl methyl sites for hydroxylation is 2. The lowest BCUT2D eigenvalue weighted by atomic mass is 10.1. The minimum absolute atomic E-state index is 0.116. The van der Waals surface area contributed by atoms with Crippen LogP contribution in [0.2, 0.25) is 10.0 Å². The Morgan fingerprint density at radius 2 is 1.62 bits per heavy atom. The Kier molecular flexibility index (Phi) is 12.1. The predicted octanol–water partition coefficient (Wildman–Crippen LogP) is 6.99. The van der Waals surface area contributed by atoms with E-state index in [-0.39, 0.29) is 24.4 Å². The van der Waals surface area contributed by atoms with Gasteiger partial charge in [0.15, 0.2) is 18.6 Å². The number of hydrogen-bond acceptors (Lipinski definition) is 7. The van der Waals surface area contributed by atoms with Gasteiger partial charge in [0.25, 0.3) is 5.82 Å². The largest absolute Gasteiger partial charge is 0.485 e. The number of benzene rings is 3. The molecule has 2 saturated heterocycles. The minimum Gasteiger partial charge on any atom is -0.485 e. The molecule has 0 N–H and O–H groups in total. The Labute approximate surface area is 315 Å². The number of anilines is 1. The Morgan fingerprint density at radius 1 is 0.942 bits per heavy atom. The second kappa shape index (κ2) is 16.7. The summed E-state index contributed by atoms with van der Waals surface area (Å²) >= 11 is 13.3. The van der Waals surface area contributed by atoms with E-state index in [1.165, 1.54) is 0 Å². The van der Waals surface area contributed by atoms with Gasteiger partial charge in [-0.3, -0.25) is 9.59 Å². The predicted molar refractivity (Wildman–Crippen MR) is 201 cm³/mol. The molecule has 0 aliphatic carbocycles. The lowest BCUT2D eigenvalue weighted by Gasteiger charge is -2.35. The number of hydrogen-bond donors (Lipinski definition) is 0. The van der Waals surface area contributed by atoms with Crippen LogP contribution in [0, 0.1) is 19.8 Å². The summed E-state index contributed by atoms with van der Waals surface area (Å²) in [5.41, 5.74) is 5.60. The van der Waals surface area contributed by atoms with E-state index in [1.807, 2.05) is 56.9 Å². The molecule has 3 heterocycles. The van der Waals surface area contributed by atoms with Gasteiger partial charge < -0.3 is 28.7 Å². The lowest BCUT2D eigenvalue weighted by Crippen LogP contribution is -2.48. The van der Waals surface area contributed by atoms with Crippen LogP contribution in [0.5, 0.6) is 11.5 Å². The van der Waals surface area contributed by atoms with Crippen molar-refractivity contribution in [3.63, 3.8) is 0 Å². The molecule has 1 amide bonds. The van der Waals surface area contributed by atoms with E-state index in [0.29, 0.717) is 55.2 Å². The molecular weight excluding hydrogens is 703 g/mol. The highest BCUT2D eigenvalue weighted by Gasteiger charge is 2.31. The van der Waals surface area contributed by atoms with Gasteiger partial charge in [-0.25, -0.2) is 9.13 Å². The maximum atomic E-state index is 12.4. The first-order chi connectivity index (χ1) is 25.0. The minimum atomic E-state index is -0.444. The molecule has 0 bridgehead atoms. The smallest absolute Gasteiger partial charge is 0.313 e. The number of imidazole rings is 1. The summed E-state index contributed by atoms with van der Waals surface area (Å²) in [5, 5.41) is 1.06. The second-order valence-electron chi connectivity index (χ2n) is 13.7. The van der Waals surface area contributed by atoms with Crippen LogP contribution in [-0.2, 0) is 38.8 Å². The molecule has 2 aliphatic rings. The second-order valence-corrected chi connectivity index (χ2v) is 14.6. The van der Waals surface area contributed by atoms with Crippen molar-refractivity contribution in [1.82, 2.24) is 9.47 Å². The van der Waals surface area contributed by atoms with Crippen LogP contribution in [0.1, 0.15) is 49.6 Å². The van der Waals surface area contributed by atoms with Gasteiger partial charge in [-0.15, -0.1) is 0 Å². The Bertz CT molecular complexity index is 1870. The van der Waals surface area contributed by atoms with Gasteiger partial charge in [-0.1, -0.05) is 37.0 Å². The fourth-order valence-corrected chi connectivity index (χ4v) is 7.19. The Morgan fingerprint density at radius 3 is 2.23 bits per heavy atom. The molecule has 0 saturated carbocycles. The van der Waals surface area contributed by atoms with Crippen molar-refractivity contribution >= 4 is 40.8 Å². The topological polar surface area (TPSA) is 86.4 Å². The number of aromatic nitrogens is 2. The molecule has 6 rings (SSSR count). The van der Waals surface area contributed by atoms with Crippen LogP contribution in [0.15, 0.2) is 60.8 Å². The van der Waals surface area contributed by atoms with Crippen LogP contribution >= 0.6 is 23.2 Å². The van der Waals surface area contributed by atoms with E-state index in [2.05, 4.69) is 44.5 Å². The van der Waals surface area contributed by atoms with E-state index >= 15 is 0 Å². The third kappa shape index (κ3) is 8.92. The SMILES string of the molecule is CC(=O)N1CCN(c2ccc(OCc3c[n+](Cc4cc(C)c(OC(=O)C(C)C)c(C)c4)c(-c4ccc(Cl)cc4Cl)n3CC3OCCCO3)cc2)CC1. The number of amides is 1. The van der Waals surface area contributed by atoms with Gasteiger partial charge >= 0.3 is 5.97 Å². The van der Waals surface area contributed by atoms with Gasteiger partial charge in [0.1, 0.15) is 30.8 Å². The molecule has 4 aromatic rings. The van der Waals surface area contributed by atoms with Crippen molar-refractivity contribution in [3.05, 3.63) is 93.2 Å². The summed E-state index contributed by atoms with van der Waals surface area (Å²) < 4.78 is 28.6. The maximum Gasteiger partial charge on any atom is 0.313 e. The van der Waals surface area contributed by atoms with Crippen LogP contribution in [0.4, 0.5) is 5.69 Å². The molecule has 2 fully saturated rings. The first-order valence-corrected chi connectivity index (χ1v) is 18.6. The fraction of sp³-hybridized carbons (Fsp3) is 0.425. The molecule has 10 nitrogen and oxygen atoms in total. The van der Waals surface area contributed by atoms with E-state index in [9.17, 15) is 9.59 Å². The number of ether oxygens (including phenoxy) is 4. The highest BCUT2D eigenvalue weighted by atomic mass is 35.5. The van der Waals surface area contributed by atoms with Gasteiger partial charge in [0, 0.05) is 43.8 Å². The third-order valence-electron chi connectivity index (χ3n) is 9.44. The van der Waals surface area contributed by atoms with Crippen molar-refractivity contribution in [2.75, 3.05) is 44.3 Å². The number of halogens is 2. The van der Waals surface area contributed by atoms with Crippen LogP contribution in [-0.4, -0.2) is 67.0 Å². The van der Waals surface area contributed by atoms with Gasteiger partial charge in [0.2, 0.25) is 5.91 Å². The summed E-state index contributed by atoms with van der Waals surface area (Å²) in [6.45, 7) is 14.7. The summed E-state index contributed by atoms with van der Waals surface area (Å²) in [5.74, 6) is 1.80. The van der Waals surface area contributed by atoms with Crippen LogP contribution in [0.3, 0.4) is 0 Å². The lowest BCUT2D eigenvalue weighted by molar-refractivity contribution is -0.677. The maximum absolute atomic E-state index is 12.4. The van der Waals surface area contributed by atoms with Crippen LogP contribution in [0.25, 0.3) is 11.4 Å². The number of esters is 1.